The summed E-state index contributed by atoms with van der Waals surface area (Å²) in [5.41, 5.74) is 7.30. The third kappa shape index (κ3) is 3.70. The molecule has 0 saturated heterocycles. The Morgan fingerprint density at radius 3 is 2.79 bits per heavy atom. The van der Waals surface area contributed by atoms with E-state index in [0.717, 1.165) is 45.4 Å². The van der Waals surface area contributed by atoms with Gasteiger partial charge in [-0.05, 0) is 66.6 Å². The van der Waals surface area contributed by atoms with Crippen LogP contribution in [0.5, 0.6) is 0 Å². The molecule has 3 aromatic rings. The summed E-state index contributed by atoms with van der Waals surface area (Å²) in [6.07, 6.45) is 3.95. The van der Waals surface area contributed by atoms with Crippen molar-refractivity contribution in [2.45, 2.75) is 33.1 Å². The van der Waals surface area contributed by atoms with E-state index in [0.29, 0.717) is 29.6 Å². The molecule has 0 aliphatic heterocycles. The Hall–Kier alpha value is -2.92. The first-order chi connectivity index (χ1) is 14.0. The van der Waals surface area contributed by atoms with Crippen LogP contribution in [0.25, 0.3) is 28.4 Å². The zero-order chi connectivity index (χ0) is 20.5. The van der Waals surface area contributed by atoms with Gasteiger partial charge in [0.2, 0.25) is 5.82 Å². The number of rotatable bonds is 5. The SMILES string of the molecule is COC(=O)CCC1=CCc2c1cccc2-c1noc(-c2cc(C)c(C)c(Cl)c2)n1. The van der Waals surface area contributed by atoms with Crippen LogP contribution >= 0.6 is 11.6 Å². The van der Waals surface area contributed by atoms with Crippen LogP contribution in [-0.4, -0.2) is 23.2 Å². The zero-order valence-electron chi connectivity index (χ0n) is 16.6. The van der Waals surface area contributed by atoms with Gasteiger partial charge in [-0.2, -0.15) is 4.98 Å². The summed E-state index contributed by atoms with van der Waals surface area (Å²) in [7, 11) is 1.41. The minimum atomic E-state index is -0.203. The molecule has 0 amide bonds. The number of allylic oxidation sites excluding steroid dienone is 2. The predicted molar refractivity (Wildman–Crippen MR) is 113 cm³/mol. The molecule has 0 radical (unpaired) electrons. The summed E-state index contributed by atoms with van der Waals surface area (Å²) in [4.78, 5) is 16.1. The highest BCUT2D eigenvalue weighted by Gasteiger charge is 2.21. The van der Waals surface area contributed by atoms with Crippen LogP contribution in [0.4, 0.5) is 0 Å². The van der Waals surface area contributed by atoms with E-state index >= 15 is 0 Å². The van der Waals surface area contributed by atoms with Gasteiger partial charge >= 0.3 is 5.97 Å². The summed E-state index contributed by atoms with van der Waals surface area (Å²) in [6, 6.07) is 9.90. The minimum Gasteiger partial charge on any atom is -0.469 e. The number of hydrogen-bond acceptors (Lipinski definition) is 5. The number of halogens is 1. The normalized spacial score (nSPS) is 12.6. The summed E-state index contributed by atoms with van der Waals surface area (Å²) in [6.45, 7) is 3.99. The highest BCUT2D eigenvalue weighted by molar-refractivity contribution is 6.31. The van der Waals surface area contributed by atoms with Crippen LogP contribution < -0.4 is 0 Å². The zero-order valence-corrected chi connectivity index (χ0v) is 17.3. The van der Waals surface area contributed by atoms with E-state index in [2.05, 4.69) is 22.3 Å². The summed E-state index contributed by atoms with van der Waals surface area (Å²) >= 11 is 6.32. The third-order valence-electron chi connectivity index (χ3n) is 5.42. The predicted octanol–water partition coefficient (Wildman–Crippen LogP) is 5.57. The van der Waals surface area contributed by atoms with Crippen molar-refractivity contribution >= 4 is 23.1 Å². The number of carbonyl (C=O) groups is 1. The first-order valence-corrected chi connectivity index (χ1v) is 9.85. The smallest absolute Gasteiger partial charge is 0.305 e. The monoisotopic (exact) mass is 408 g/mol. The Morgan fingerprint density at radius 2 is 2.03 bits per heavy atom. The lowest BCUT2D eigenvalue weighted by Crippen LogP contribution is -2.00. The first kappa shape index (κ1) is 19.4. The number of hydrogen-bond donors (Lipinski definition) is 0. The van der Waals surface area contributed by atoms with Gasteiger partial charge in [0.15, 0.2) is 0 Å². The third-order valence-corrected chi connectivity index (χ3v) is 5.81. The van der Waals surface area contributed by atoms with Gasteiger partial charge in [-0.3, -0.25) is 4.79 Å². The quantitative estimate of drug-likeness (QED) is 0.516. The van der Waals surface area contributed by atoms with Gasteiger partial charge in [0, 0.05) is 22.6 Å². The van der Waals surface area contributed by atoms with Gasteiger partial charge in [-0.1, -0.05) is 41.0 Å². The molecule has 29 heavy (non-hydrogen) atoms. The molecule has 0 bridgehead atoms. The number of esters is 1. The average molecular weight is 409 g/mol. The van der Waals surface area contributed by atoms with Crippen molar-refractivity contribution in [1.29, 1.82) is 0 Å². The molecular formula is C23H21ClN2O3. The lowest BCUT2D eigenvalue weighted by atomic mass is 9.98. The van der Waals surface area contributed by atoms with E-state index < -0.39 is 0 Å². The van der Waals surface area contributed by atoms with Crippen molar-refractivity contribution < 1.29 is 14.1 Å². The molecule has 5 nitrogen and oxygen atoms in total. The lowest BCUT2D eigenvalue weighted by Gasteiger charge is -2.08. The second-order valence-electron chi connectivity index (χ2n) is 7.16. The number of carbonyl (C=O) groups excluding carboxylic acids is 1. The molecule has 1 aromatic heterocycles. The number of nitrogens with zero attached hydrogens (tertiary/aromatic N) is 2. The van der Waals surface area contributed by atoms with Crippen molar-refractivity contribution in [3.05, 3.63) is 63.7 Å². The highest BCUT2D eigenvalue weighted by Crippen LogP contribution is 2.37. The fraction of sp³-hybridized carbons (Fsp3) is 0.261. The molecule has 2 aromatic carbocycles. The first-order valence-electron chi connectivity index (χ1n) is 9.47. The van der Waals surface area contributed by atoms with E-state index in [1.165, 1.54) is 7.11 Å². The number of ether oxygens (including phenoxy) is 1. The Labute approximate surface area is 174 Å². The fourth-order valence-electron chi connectivity index (χ4n) is 3.62. The van der Waals surface area contributed by atoms with E-state index in [9.17, 15) is 4.79 Å². The van der Waals surface area contributed by atoms with Gasteiger partial charge in [-0.15, -0.1) is 0 Å². The van der Waals surface area contributed by atoms with E-state index in [1.54, 1.807) is 0 Å². The topological polar surface area (TPSA) is 65.2 Å². The van der Waals surface area contributed by atoms with E-state index in [4.69, 9.17) is 20.9 Å². The Morgan fingerprint density at radius 1 is 1.24 bits per heavy atom. The molecule has 1 aliphatic carbocycles. The maximum Gasteiger partial charge on any atom is 0.305 e. The maximum absolute atomic E-state index is 11.5. The fourth-order valence-corrected chi connectivity index (χ4v) is 3.88. The van der Waals surface area contributed by atoms with Gasteiger partial charge in [0.1, 0.15) is 0 Å². The van der Waals surface area contributed by atoms with Gasteiger partial charge in [-0.25, -0.2) is 0 Å². The average Bonchev–Trinajstić information content (AvgIpc) is 3.37. The molecular weight excluding hydrogens is 388 g/mol. The van der Waals surface area contributed by atoms with Crippen LogP contribution in [0.1, 0.15) is 35.1 Å². The minimum absolute atomic E-state index is 0.203. The lowest BCUT2D eigenvalue weighted by molar-refractivity contribution is -0.140. The second-order valence-corrected chi connectivity index (χ2v) is 7.57. The van der Waals surface area contributed by atoms with Crippen LogP contribution in [0.3, 0.4) is 0 Å². The standard InChI is InChI=1S/C23H21ClN2O3/c1-13-11-16(12-20(24)14(13)2)23-25-22(26-29-23)19-6-4-5-17-15(7-9-18(17)19)8-10-21(27)28-3/h4-7,11-12H,8-10H2,1-3H3. The summed E-state index contributed by atoms with van der Waals surface area (Å²) in [5, 5.41) is 4.89. The highest BCUT2D eigenvalue weighted by atomic mass is 35.5. The molecule has 1 aliphatic rings. The second kappa shape index (κ2) is 7.84. The van der Waals surface area contributed by atoms with Crippen LogP contribution in [-0.2, 0) is 16.0 Å². The van der Waals surface area contributed by atoms with Crippen molar-refractivity contribution in [3.63, 3.8) is 0 Å². The molecule has 0 spiro atoms. The molecule has 1 heterocycles. The summed E-state index contributed by atoms with van der Waals surface area (Å²) < 4.78 is 10.3. The number of aromatic nitrogens is 2. The van der Waals surface area contributed by atoms with E-state index in [-0.39, 0.29) is 5.97 Å². The van der Waals surface area contributed by atoms with Crippen molar-refractivity contribution in [2.24, 2.45) is 0 Å². The number of fused-ring (bicyclic) bond motifs is 1. The van der Waals surface area contributed by atoms with Crippen LogP contribution in [0, 0.1) is 13.8 Å². The van der Waals surface area contributed by atoms with Gasteiger partial charge in [0.25, 0.3) is 5.89 Å². The van der Waals surface area contributed by atoms with Crippen molar-refractivity contribution in [3.8, 4) is 22.8 Å². The number of aryl methyl sites for hydroxylation is 1. The molecule has 0 fully saturated rings. The molecule has 0 saturated carbocycles. The van der Waals surface area contributed by atoms with Crippen molar-refractivity contribution in [1.82, 2.24) is 10.1 Å². The molecule has 6 heteroatoms. The summed E-state index contributed by atoms with van der Waals surface area (Å²) in [5.74, 6) is 0.790. The number of methoxy groups -OCH3 is 1. The van der Waals surface area contributed by atoms with Crippen molar-refractivity contribution in [2.75, 3.05) is 7.11 Å². The van der Waals surface area contributed by atoms with Crippen LogP contribution in [0.2, 0.25) is 5.02 Å². The van der Waals surface area contributed by atoms with Crippen LogP contribution in [0.15, 0.2) is 40.9 Å². The maximum atomic E-state index is 11.5. The van der Waals surface area contributed by atoms with Gasteiger partial charge < -0.3 is 9.26 Å². The van der Waals surface area contributed by atoms with Gasteiger partial charge in [0.05, 0.1) is 7.11 Å². The van der Waals surface area contributed by atoms with E-state index in [1.807, 2.05) is 38.1 Å². The molecule has 148 valence electrons. The molecule has 0 unspecified atom stereocenters. The Kier molecular flexibility index (Phi) is 5.24. The largest absolute Gasteiger partial charge is 0.469 e. The molecule has 4 rings (SSSR count). The Bertz CT molecular complexity index is 1110. The number of benzene rings is 2. The Balaban J connectivity index is 1.64. The molecule has 0 N–H and O–H groups in total. The molecule has 0 atom stereocenters.